The Labute approximate surface area is 139 Å². The van der Waals surface area contributed by atoms with Crippen LogP contribution >= 0.6 is 0 Å². The molecule has 0 fully saturated rings. The van der Waals surface area contributed by atoms with Gasteiger partial charge in [-0.15, -0.1) is 0 Å². The zero-order chi connectivity index (χ0) is 16.7. The van der Waals surface area contributed by atoms with Crippen molar-refractivity contribution in [3.8, 4) is 0 Å². The van der Waals surface area contributed by atoms with Crippen LogP contribution in [0.4, 0.5) is 5.69 Å². The molecule has 0 bridgehead atoms. The summed E-state index contributed by atoms with van der Waals surface area (Å²) >= 11 is 0. The van der Waals surface area contributed by atoms with Gasteiger partial charge in [-0.3, -0.25) is 4.79 Å². The Balaban J connectivity index is 1.95. The van der Waals surface area contributed by atoms with E-state index < -0.39 is 0 Å². The van der Waals surface area contributed by atoms with Crippen molar-refractivity contribution in [3.05, 3.63) is 65.7 Å². The van der Waals surface area contributed by atoms with Gasteiger partial charge in [0.15, 0.2) is 6.54 Å². The summed E-state index contributed by atoms with van der Waals surface area (Å²) in [6.45, 7) is 6.98. The van der Waals surface area contributed by atoms with Gasteiger partial charge in [0.25, 0.3) is 5.91 Å². The normalized spacial score (nSPS) is 12.2. The summed E-state index contributed by atoms with van der Waals surface area (Å²) in [5.74, 6) is 0.499. The fourth-order valence-corrected chi connectivity index (χ4v) is 2.74. The molecule has 0 spiro atoms. The van der Waals surface area contributed by atoms with E-state index in [0.29, 0.717) is 18.5 Å². The van der Waals surface area contributed by atoms with E-state index in [1.54, 1.807) is 0 Å². The molecule has 3 N–H and O–H groups in total. The SMILES string of the molecule is CCc1ccc([C@@H]([NH2+]CC(=O)Nc2ccccc2)C(C)C)cc1. The largest absolute Gasteiger partial charge is 0.332 e. The van der Waals surface area contributed by atoms with Gasteiger partial charge in [-0.1, -0.05) is 63.2 Å². The second-order valence-corrected chi connectivity index (χ2v) is 6.22. The lowest BCUT2D eigenvalue weighted by atomic mass is 9.95. The van der Waals surface area contributed by atoms with Crippen LogP contribution < -0.4 is 10.6 Å². The van der Waals surface area contributed by atoms with Crippen molar-refractivity contribution in [2.24, 2.45) is 5.92 Å². The smallest absolute Gasteiger partial charge is 0.279 e. The lowest BCUT2D eigenvalue weighted by molar-refractivity contribution is -0.692. The molecule has 0 aromatic heterocycles. The van der Waals surface area contributed by atoms with Crippen LogP contribution in [0.1, 0.15) is 37.9 Å². The summed E-state index contributed by atoms with van der Waals surface area (Å²) in [6, 6.07) is 18.6. The molecule has 0 saturated carbocycles. The second kappa shape index (κ2) is 8.49. The highest BCUT2D eigenvalue weighted by atomic mass is 16.1. The number of nitrogens with one attached hydrogen (secondary N) is 1. The Kier molecular flexibility index (Phi) is 6.36. The predicted octanol–water partition coefficient (Wildman–Crippen LogP) is 3.15. The maximum Gasteiger partial charge on any atom is 0.279 e. The monoisotopic (exact) mass is 311 g/mol. The average Bonchev–Trinajstić information content (AvgIpc) is 2.56. The maximum atomic E-state index is 12.1. The number of anilines is 1. The molecule has 2 aromatic rings. The van der Waals surface area contributed by atoms with Crippen molar-refractivity contribution in [2.45, 2.75) is 33.2 Å². The minimum Gasteiger partial charge on any atom is -0.332 e. The minimum atomic E-state index is 0.0343. The first-order valence-electron chi connectivity index (χ1n) is 8.37. The minimum absolute atomic E-state index is 0.0343. The van der Waals surface area contributed by atoms with Crippen molar-refractivity contribution in [2.75, 3.05) is 11.9 Å². The van der Waals surface area contributed by atoms with E-state index in [9.17, 15) is 4.79 Å². The summed E-state index contributed by atoms with van der Waals surface area (Å²) < 4.78 is 0. The Morgan fingerprint density at radius 1 is 1.04 bits per heavy atom. The number of hydrogen-bond donors (Lipinski definition) is 2. The molecule has 1 atom stereocenters. The van der Waals surface area contributed by atoms with Crippen LogP contribution in [0, 0.1) is 5.92 Å². The third-order valence-electron chi connectivity index (χ3n) is 4.11. The van der Waals surface area contributed by atoms with E-state index in [1.165, 1.54) is 11.1 Å². The summed E-state index contributed by atoms with van der Waals surface area (Å²) in [4.78, 5) is 12.1. The molecule has 0 aliphatic heterocycles. The van der Waals surface area contributed by atoms with E-state index in [-0.39, 0.29) is 5.91 Å². The van der Waals surface area contributed by atoms with Crippen molar-refractivity contribution in [1.29, 1.82) is 0 Å². The molecule has 0 saturated heterocycles. The number of carbonyl (C=O) groups excluding carboxylic acids is 1. The third kappa shape index (κ3) is 5.22. The summed E-state index contributed by atoms with van der Waals surface area (Å²) in [7, 11) is 0. The molecule has 122 valence electrons. The topological polar surface area (TPSA) is 45.7 Å². The molecule has 0 aliphatic carbocycles. The van der Waals surface area contributed by atoms with E-state index >= 15 is 0 Å². The maximum absolute atomic E-state index is 12.1. The summed E-state index contributed by atoms with van der Waals surface area (Å²) in [6.07, 6.45) is 1.05. The Morgan fingerprint density at radius 3 is 2.26 bits per heavy atom. The van der Waals surface area contributed by atoms with E-state index in [2.05, 4.69) is 55.7 Å². The zero-order valence-electron chi connectivity index (χ0n) is 14.3. The van der Waals surface area contributed by atoms with E-state index in [4.69, 9.17) is 0 Å². The van der Waals surface area contributed by atoms with Crippen LogP contribution in [0.5, 0.6) is 0 Å². The number of rotatable bonds is 7. The third-order valence-corrected chi connectivity index (χ3v) is 4.11. The van der Waals surface area contributed by atoms with Crippen molar-refractivity contribution in [3.63, 3.8) is 0 Å². The Bertz CT molecular complexity index is 605. The van der Waals surface area contributed by atoms with Crippen LogP contribution in [-0.2, 0) is 11.2 Å². The zero-order valence-corrected chi connectivity index (χ0v) is 14.3. The average molecular weight is 311 g/mol. The summed E-state index contributed by atoms with van der Waals surface area (Å²) in [5, 5.41) is 5.06. The standard InChI is InChI=1S/C20H26N2O/c1-4-16-10-12-17(13-11-16)20(15(2)3)21-14-19(23)22-18-8-6-5-7-9-18/h5-13,15,20-21H,4,14H2,1-3H3,(H,22,23)/p+1/t20-/m0/s1. The molecule has 23 heavy (non-hydrogen) atoms. The highest BCUT2D eigenvalue weighted by Gasteiger charge is 2.20. The van der Waals surface area contributed by atoms with Gasteiger partial charge in [-0.05, 0) is 24.1 Å². The fraction of sp³-hybridized carbons (Fsp3) is 0.350. The highest BCUT2D eigenvalue weighted by Crippen LogP contribution is 2.18. The molecular formula is C20H27N2O+. The number of para-hydroxylation sites is 1. The summed E-state index contributed by atoms with van der Waals surface area (Å²) in [5.41, 5.74) is 3.47. The van der Waals surface area contributed by atoms with Crippen LogP contribution in [-0.4, -0.2) is 12.5 Å². The van der Waals surface area contributed by atoms with Gasteiger partial charge in [0.1, 0.15) is 6.04 Å². The van der Waals surface area contributed by atoms with E-state index in [0.717, 1.165) is 12.1 Å². The molecule has 0 radical (unpaired) electrons. The van der Waals surface area contributed by atoms with Gasteiger partial charge in [0.05, 0.1) is 0 Å². The first-order valence-corrected chi connectivity index (χ1v) is 8.37. The van der Waals surface area contributed by atoms with Gasteiger partial charge in [0.2, 0.25) is 0 Å². The molecular weight excluding hydrogens is 284 g/mol. The van der Waals surface area contributed by atoms with Crippen LogP contribution in [0.3, 0.4) is 0 Å². The number of aryl methyl sites for hydroxylation is 1. The molecule has 2 aromatic carbocycles. The molecule has 0 aliphatic rings. The number of carbonyl (C=O) groups is 1. The predicted molar refractivity (Wildman–Crippen MR) is 95.3 cm³/mol. The Morgan fingerprint density at radius 2 is 1.70 bits per heavy atom. The molecule has 0 heterocycles. The van der Waals surface area contributed by atoms with Crippen molar-refractivity contribution in [1.82, 2.24) is 0 Å². The number of benzene rings is 2. The first kappa shape index (κ1) is 17.2. The molecule has 2 rings (SSSR count). The highest BCUT2D eigenvalue weighted by molar-refractivity contribution is 5.91. The Hall–Kier alpha value is -2.13. The molecule has 3 heteroatoms. The van der Waals surface area contributed by atoms with Crippen molar-refractivity contribution >= 4 is 11.6 Å². The molecule has 1 amide bonds. The van der Waals surface area contributed by atoms with Crippen LogP contribution in [0.15, 0.2) is 54.6 Å². The lowest BCUT2D eigenvalue weighted by Crippen LogP contribution is -2.88. The molecule has 0 unspecified atom stereocenters. The van der Waals surface area contributed by atoms with Gasteiger partial charge in [0, 0.05) is 17.2 Å². The van der Waals surface area contributed by atoms with Crippen LogP contribution in [0.25, 0.3) is 0 Å². The van der Waals surface area contributed by atoms with Gasteiger partial charge in [-0.2, -0.15) is 0 Å². The quantitative estimate of drug-likeness (QED) is 0.810. The molecule has 3 nitrogen and oxygen atoms in total. The van der Waals surface area contributed by atoms with Gasteiger partial charge < -0.3 is 10.6 Å². The first-order chi connectivity index (χ1) is 11.1. The van der Waals surface area contributed by atoms with Gasteiger partial charge in [-0.25, -0.2) is 0 Å². The van der Waals surface area contributed by atoms with Gasteiger partial charge >= 0.3 is 0 Å². The number of amides is 1. The van der Waals surface area contributed by atoms with Crippen LogP contribution in [0.2, 0.25) is 0 Å². The fourth-order valence-electron chi connectivity index (χ4n) is 2.74. The number of nitrogens with two attached hydrogens (primary N) is 1. The lowest BCUT2D eigenvalue weighted by Gasteiger charge is -2.19. The number of hydrogen-bond acceptors (Lipinski definition) is 1. The number of quaternary nitrogens is 1. The second-order valence-electron chi connectivity index (χ2n) is 6.22. The van der Waals surface area contributed by atoms with E-state index in [1.807, 2.05) is 30.3 Å². The van der Waals surface area contributed by atoms with Crippen molar-refractivity contribution < 1.29 is 10.1 Å².